The number of aliphatic hydroxyl groups excluding tert-OH is 1. The Hall–Kier alpha value is -0.510. The van der Waals surface area contributed by atoms with Crippen LogP contribution in [0.5, 0.6) is 0 Å². The van der Waals surface area contributed by atoms with E-state index in [4.69, 9.17) is 4.74 Å². The number of thioether (sulfide) groups is 1. The molecule has 16 heavy (non-hydrogen) atoms. The summed E-state index contributed by atoms with van der Waals surface area (Å²) in [6, 6.07) is 8.00. The molecular formula is C13H18O2S. The zero-order valence-corrected chi connectivity index (χ0v) is 10.4. The third-order valence-corrected chi connectivity index (χ3v) is 3.61. The molecule has 0 saturated heterocycles. The molecule has 2 rings (SSSR count). The van der Waals surface area contributed by atoms with Crippen molar-refractivity contribution in [3.05, 3.63) is 29.8 Å². The van der Waals surface area contributed by atoms with E-state index in [1.165, 1.54) is 17.7 Å². The normalized spacial score (nSPS) is 17.4. The van der Waals surface area contributed by atoms with Crippen molar-refractivity contribution in [3.8, 4) is 0 Å². The fourth-order valence-electron chi connectivity index (χ4n) is 1.45. The van der Waals surface area contributed by atoms with Crippen LogP contribution in [-0.2, 0) is 4.74 Å². The van der Waals surface area contributed by atoms with Crippen LogP contribution < -0.4 is 0 Å². The average molecular weight is 238 g/mol. The molecule has 1 saturated carbocycles. The summed E-state index contributed by atoms with van der Waals surface area (Å²) < 4.78 is 5.55. The van der Waals surface area contributed by atoms with Gasteiger partial charge in [0, 0.05) is 4.90 Å². The van der Waals surface area contributed by atoms with Crippen LogP contribution in [0.4, 0.5) is 0 Å². The first-order valence-corrected chi connectivity index (χ1v) is 6.73. The molecule has 0 aromatic heterocycles. The van der Waals surface area contributed by atoms with Crippen LogP contribution in [-0.4, -0.2) is 17.7 Å². The Morgan fingerprint density at radius 3 is 2.62 bits per heavy atom. The predicted molar refractivity (Wildman–Crippen MR) is 66.5 cm³/mol. The summed E-state index contributed by atoms with van der Waals surface area (Å²) in [5.74, 6) is 1.56. The van der Waals surface area contributed by atoms with E-state index in [0.29, 0.717) is 0 Å². The van der Waals surface area contributed by atoms with Crippen molar-refractivity contribution < 1.29 is 9.84 Å². The van der Waals surface area contributed by atoms with Gasteiger partial charge in [-0.05, 0) is 43.4 Å². The Kier molecular flexibility index (Phi) is 4.27. The van der Waals surface area contributed by atoms with Crippen LogP contribution in [0.1, 0.15) is 31.4 Å². The van der Waals surface area contributed by atoms with Crippen LogP contribution in [0, 0.1) is 5.92 Å². The number of benzene rings is 1. The fraction of sp³-hybridized carbons (Fsp3) is 0.538. The molecule has 1 aliphatic carbocycles. The zero-order chi connectivity index (χ0) is 11.4. The van der Waals surface area contributed by atoms with Gasteiger partial charge in [-0.3, -0.25) is 0 Å². The van der Waals surface area contributed by atoms with E-state index in [1.54, 1.807) is 18.7 Å². The van der Waals surface area contributed by atoms with E-state index in [1.807, 2.05) is 24.3 Å². The van der Waals surface area contributed by atoms with Crippen molar-refractivity contribution in [3.63, 3.8) is 0 Å². The molecule has 0 radical (unpaired) electrons. The Morgan fingerprint density at radius 2 is 2.06 bits per heavy atom. The highest BCUT2D eigenvalue weighted by Gasteiger charge is 2.20. The molecule has 1 unspecified atom stereocenters. The first-order valence-electron chi connectivity index (χ1n) is 5.74. The minimum Gasteiger partial charge on any atom is -0.389 e. The van der Waals surface area contributed by atoms with Gasteiger partial charge >= 0.3 is 0 Å². The van der Waals surface area contributed by atoms with Crippen molar-refractivity contribution in [2.75, 3.05) is 12.5 Å². The standard InChI is InChI=1S/C13H18O2S/c1-10(14)12-4-6-13(7-5-12)16-9-15-8-11-2-3-11/h4-7,10-11,14H,2-3,8-9H2,1H3. The van der Waals surface area contributed by atoms with Gasteiger partial charge in [0.25, 0.3) is 0 Å². The second-order valence-corrected chi connectivity index (χ2v) is 5.32. The van der Waals surface area contributed by atoms with Gasteiger partial charge in [-0.1, -0.05) is 23.9 Å². The molecule has 1 aromatic carbocycles. The van der Waals surface area contributed by atoms with Crippen molar-refractivity contribution in [2.45, 2.75) is 30.8 Å². The molecule has 1 N–H and O–H groups in total. The van der Waals surface area contributed by atoms with E-state index in [0.717, 1.165) is 24.0 Å². The Labute approximate surface area is 101 Å². The Balaban J connectivity index is 1.71. The van der Waals surface area contributed by atoms with Gasteiger partial charge in [-0.2, -0.15) is 0 Å². The van der Waals surface area contributed by atoms with Crippen molar-refractivity contribution in [1.29, 1.82) is 0 Å². The van der Waals surface area contributed by atoms with Gasteiger partial charge in [-0.15, -0.1) is 0 Å². The van der Waals surface area contributed by atoms with Gasteiger partial charge in [0.05, 0.1) is 18.6 Å². The maximum absolute atomic E-state index is 9.37. The van der Waals surface area contributed by atoms with E-state index >= 15 is 0 Å². The number of hydrogen-bond acceptors (Lipinski definition) is 3. The minimum atomic E-state index is -0.384. The molecule has 3 heteroatoms. The lowest BCUT2D eigenvalue weighted by atomic mass is 10.1. The first kappa shape index (κ1) is 12.0. The summed E-state index contributed by atoms with van der Waals surface area (Å²) in [5, 5.41) is 9.37. The first-order chi connectivity index (χ1) is 7.75. The molecule has 1 aliphatic rings. The fourth-order valence-corrected chi connectivity index (χ4v) is 2.10. The molecular weight excluding hydrogens is 220 g/mol. The number of ether oxygens (including phenoxy) is 1. The molecule has 0 amide bonds. The summed E-state index contributed by atoms with van der Waals surface area (Å²) in [7, 11) is 0. The zero-order valence-electron chi connectivity index (χ0n) is 9.56. The highest BCUT2D eigenvalue weighted by Crippen LogP contribution is 2.29. The van der Waals surface area contributed by atoms with Gasteiger partial charge in [0.15, 0.2) is 0 Å². The summed E-state index contributed by atoms with van der Waals surface area (Å²) in [4.78, 5) is 1.19. The summed E-state index contributed by atoms with van der Waals surface area (Å²) in [6.07, 6.45) is 2.30. The van der Waals surface area contributed by atoms with E-state index in [-0.39, 0.29) is 6.10 Å². The molecule has 88 valence electrons. The Bertz CT molecular complexity index is 317. The second-order valence-electron chi connectivity index (χ2n) is 4.32. The van der Waals surface area contributed by atoms with Crippen molar-refractivity contribution in [1.82, 2.24) is 0 Å². The third-order valence-electron chi connectivity index (χ3n) is 2.72. The lowest BCUT2D eigenvalue weighted by Crippen LogP contribution is -1.95. The summed E-state index contributed by atoms with van der Waals surface area (Å²) >= 11 is 1.71. The highest BCUT2D eigenvalue weighted by molar-refractivity contribution is 7.99. The second kappa shape index (κ2) is 5.71. The largest absolute Gasteiger partial charge is 0.389 e. The SMILES string of the molecule is CC(O)c1ccc(SCOCC2CC2)cc1. The minimum absolute atomic E-state index is 0.384. The summed E-state index contributed by atoms with van der Waals surface area (Å²) in [5.41, 5.74) is 0.961. The van der Waals surface area contributed by atoms with Crippen molar-refractivity contribution >= 4 is 11.8 Å². The topological polar surface area (TPSA) is 29.5 Å². The molecule has 1 fully saturated rings. The van der Waals surface area contributed by atoms with Gasteiger partial charge in [-0.25, -0.2) is 0 Å². The molecule has 0 aliphatic heterocycles. The van der Waals surface area contributed by atoms with Crippen LogP contribution >= 0.6 is 11.8 Å². The van der Waals surface area contributed by atoms with Crippen LogP contribution in [0.15, 0.2) is 29.2 Å². The molecule has 1 aromatic rings. The predicted octanol–water partition coefficient (Wildman–Crippen LogP) is 3.22. The monoisotopic (exact) mass is 238 g/mol. The lowest BCUT2D eigenvalue weighted by molar-refractivity contribution is 0.171. The van der Waals surface area contributed by atoms with Crippen molar-refractivity contribution in [2.24, 2.45) is 5.92 Å². The number of hydrogen-bond donors (Lipinski definition) is 1. The molecule has 0 heterocycles. The molecule has 0 bridgehead atoms. The third kappa shape index (κ3) is 3.81. The maximum Gasteiger partial charge on any atom is 0.0967 e. The van der Waals surface area contributed by atoms with Gasteiger partial charge in [0.1, 0.15) is 0 Å². The average Bonchev–Trinajstić information content (AvgIpc) is 3.09. The smallest absolute Gasteiger partial charge is 0.0967 e. The van der Waals surface area contributed by atoms with Crippen LogP contribution in [0.3, 0.4) is 0 Å². The van der Waals surface area contributed by atoms with Crippen LogP contribution in [0.25, 0.3) is 0 Å². The lowest BCUT2D eigenvalue weighted by Gasteiger charge is -2.06. The van der Waals surface area contributed by atoms with E-state index in [9.17, 15) is 5.11 Å². The quantitative estimate of drug-likeness (QED) is 0.469. The molecule has 2 nitrogen and oxygen atoms in total. The van der Waals surface area contributed by atoms with E-state index in [2.05, 4.69) is 0 Å². The van der Waals surface area contributed by atoms with Gasteiger partial charge < -0.3 is 9.84 Å². The van der Waals surface area contributed by atoms with Gasteiger partial charge in [0.2, 0.25) is 0 Å². The number of aliphatic hydroxyl groups is 1. The van der Waals surface area contributed by atoms with E-state index < -0.39 is 0 Å². The highest BCUT2D eigenvalue weighted by atomic mass is 32.2. The Morgan fingerprint density at radius 1 is 1.38 bits per heavy atom. The maximum atomic E-state index is 9.37. The number of rotatable bonds is 6. The molecule has 1 atom stereocenters. The summed E-state index contributed by atoms with van der Waals surface area (Å²) in [6.45, 7) is 2.69. The van der Waals surface area contributed by atoms with Crippen LogP contribution in [0.2, 0.25) is 0 Å². The molecule has 0 spiro atoms.